The van der Waals surface area contributed by atoms with Crippen LogP contribution < -0.4 is 5.32 Å². The first-order valence-electron chi connectivity index (χ1n) is 6.42. The highest BCUT2D eigenvalue weighted by Crippen LogP contribution is 2.27. The van der Waals surface area contributed by atoms with E-state index in [0.29, 0.717) is 5.92 Å². The van der Waals surface area contributed by atoms with Crippen molar-refractivity contribution in [3.05, 3.63) is 29.1 Å². The van der Waals surface area contributed by atoms with Crippen LogP contribution in [0.1, 0.15) is 35.7 Å². The maximum atomic E-state index is 4.81. The van der Waals surface area contributed by atoms with Gasteiger partial charge in [-0.15, -0.1) is 24.8 Å². The second kappa shape index (κ2) is 6.60. The molecule has 1 aliphatic rings. The summed E-state index contributed by atoms with van der Waals surface area (Å²) in [5.74, 6) is 1.78. The standard InChI is InChI=1S/C14H19N3.2ClH/c1-9-3-4-12-13(10(9)2)17-14(16-12)11-5-7-15-8-6-11;;/h3-4,11,15H,5-8H2,1-2H3,(H,16,17);2*1H. The van der Waals surface area contributed by atoms with Crippen LogP contribution in [0.3, 0.4) is 0 Å². The Morgan fingerprint density at radius 3 is 2.47 bits per heavy atom. The molecule has 1 aliphatic heterocycles. The predicted molar refractivity (Wildman–Crippen MR) is 84.9 cm³/mol. The number of imidazole rings is 1. The van der Waals surface area contributed by atoms with Crippen LogP contribution in [-0.4, -0.2) is 23.1 Å². The zero-order valence-electron chi connectivity index (χ0n) is 11.3. The van der Waals surface area contributed by atoms with Crippen molar-refractivity contribution in [2.75, 3.05) is 13.1 Å². The topological polar surface area (TPSA) is 40.7 Å². The highest BCUT2D eigenvalue weighted by atomic mass is 35.5. The van der Waals surface area contributed by atoms with E-state index in [1.807, 2.05) is 0 Å². The summed E-state index contributed by atoms with van der Waals surface area (Å²) in [6.07, 6.45) is 2.38. The lowest BCUT2D eigenvalue weighted by atomic mass is 9.98. The van der Waals surface area contributed by atoms with Crippen LogP contribution in [0.5, 0.6) is 0 Å². The quantitative estimate of drug-likeness (QED) is 0.846. The average Bonchev–Trinajstić information content (AvgIpc) is 2.80. The monoisotopic (exact) mass is 301 g/mol. The number of hydrogen-bond acceptors (Lipinski definition) is 2. The van der Waals surface area contributed by atoms with Gasteiger partial charge in [0.15, 0.2) is 0 Å². The number of benzene rings is 1. The molecule has 1 aromatic heterocycles. The summed E-state index contributed by atoms with van der Waals surface area (Å²) in [7, 11) is 0. The fourth-order valence-electron chi connectivity index (χ4n) is 2.62. The fourth-order valence-corrected chi connectivity index (χ4v) is 2.62. The van der Waals surface area contributed by atoms with Gasteiger partial charge in [-0.05, 0) is 57.0 Å². The fraction of sp³-hybridized carbons (Fsp3) is 0.500. The van der Waals surface area contributed by atoms with Crippen molar-refractivity contribution in [1.82, 2.24) is 15.3 Å². The van der Waals surface area contributed by atoms with Gasteiger partial charge in [0.1, 0.15) is 5.82 Å². The SMILES string of the molecule is Cc1ccc2[nH]c(C3CCNCC3)nc2c1C.Cl.Cl. The molecule has 0 atom stereocenters. The van der Waals surface area contributed by atoms with Crippen molar-refractivity contribution >= 4 is 35.8 Å². The number of nitrogens with zero attached hydrogens (tertiary/aromatic N) is 1. The minimum absolute atomic E-state index is 0. The van der Waals surface area contributed by atoms with Crippen molar-refractivity contribution in [1.29, 1.82) is 0 Å². The number of aromatic amines is 1. The Balaban J connectivity index is 0.000000902. The molecule has 0 saturated carbocycles. The highest BCUT2D eigenvalue weighted by molar-refractivity contribution is 5.85. The molecular weight excluding hydrogens is 281 g/mol. The van der Waals surface area contributed by atoms with Gasteiger partial charge in [0.2, 0.25) is 0 Å². The predicted octanol–water partition coefficient (Wildman–Crippen LogP) is 3.49. The van der Waals surface area contributed by atoms with Gasteiger partial charge in [-0.1, -0.05) is 6.07 Å². The summed E-state index contributed by atoms with van der Waals surface area (Å²) in [5, 5.41) is 3.40. The van der Waals surface area contributed by atoms with Crippen LogP contribution in [-0.2, 0) is 0 Å². The number of aromatic nitrogens is 2. The van der Waals surface area contributed by atoms with E-state index in [0.717, 1.165) is 18.6 Å². The van der Waals surface area contributed by atoms with Crippen molar-refractivity contribution in [2.24, 2.45) is 0 Å². The molecule has 2 aromatic rings. The number of rotatable bonds is 1. The Labute approximate surface area is 126 Å². The molecule has 0 unspecified atom stereocenters. The summed E-state index contributed by atoms with van der Waals surface area (Å²) >= 11 is 0. The van der Waals surface area contributed by atoms with Crippen LogP contribution in [0.25, 0.3) is 11.0 Å². The lowest BCUT2D eigenvalue weighted by molar-refractivity contribution is 0.448. The number of halogens is 2. The van der Waals surface area contributed by atoms with Crippen molar-refractivity contribution in [3.8, 4) is 0 Å². The van der Waals surface area contributed by atoms with E-state index in [4.69, 9.17) is 4.98 Å². The number of hydrogen-bond donors (Lipinski definition) is 2. The number of aryl methyl sites for hydroxylation is 2. The van der Waals surface area contributed by atoms with Gasteiger partial charge in [-0.2, -0.15) is 0 Å². The zero-order valence-corrected chi connectivity index (χ0v) is 13.0. The third-order valence-electron chi connectivity index (χ3n) is 3.92. The van der Waals surface area contributed by atoms with Crippen LogP contribution in [0.4, 0.5) is 0 Å². The molecule has 3 rings (SSSR count). The molecule has 5 heteroatoms. The Morgan fingerprint density at radius 1 is 1.11 bits per heavy atom. The van der Waals surface area contributed by atoms with Gasteiger partial charge in [0, 0.05) is 5.92 Å². The van der Waals surface area contributed by atoms with Gasteiger partial charge in [-0.3, -0.25) is 0 Å². The highest BCUT2D eigenvalue weighted by Gasteiger charge is 2.19. The first-order chi connectivity index (χ1) is 8.25. The summed E-state index contributed by atoms with van der Waals surface area (Å²) in [6, 6.07) is 4.32. The number of H-pyrrole nitrogens is 1. The van der Waals surface area contributed by atoms with Crippen LogP contribution >= 0.6 is 24.8 Å². The Bertz CT molecular complexity index is 545. The van der Waals surface area contributed by atoms with E-state index in [9.17, 15) is 0 Å². The molecular formula is C14H21Cl2N3. The zero-order chi connectivity index (χ0) is 11.8. The first-order valence-corrected chi connectivity index (χ1v) is 6.42. The maximum absolute atomic E-state index is 4.81. The van der Waals surface area contributed by atoms with E-state index < -0.39 is 0 Å². The average molecular weight is 302 g/mol. The van der Waals surface area contributed by atoms with Gasteiger partial charge in [-0.25, -0.2) is 4.98 Å². The Morgan fingerprint density at radius 2 is 1.79 bits per heavy atom. The molecule has 0 radical (unpaired) electrons. The second-order valence-electron chi connectivity index (χ2n) is 5.05. The number of piperidine rings is 1. The molecule has 19 heavy (non-hydrogen) atoms. The van der Waals surface area contributed by atoms with Crippen LogP contribution in [0, 0.1) is 13.8 Å². The summed E-state index contributed by atoms with van der Waals surface area (Å²) in [6.45, 7) is 6.53. The minimum Gasteiger partial charge on any atom is -0.342 e. The normalized spacial score (nSPS) is 15.9. The minimum atomic E-state index is 0. The number of nitrogens with one attached hydrogen (secondary N) is 2. The molecule has 3 nitrogen and oxygen atoms in total. The summed E-state index contributed by atoms with van der Waals surface area (Å²) in [5.41, 5.74) is 4.96. The van der Waals surface area contributed by atoms with E-state index in [2.05, 4.69) is 36.3 Å². The Kier molecular flexibility index (Phi) is 5.65. The molecule has 1 aromatic carbocycles. The molecule has 0 bridgehead atoms. The second-order valence-corrected chi connectivity index (χ2v) is 5.05. The van der Waals surface area contributed by atoms with Gasteiger partial charge >= 0.3 is 0 Å². The molecule has 1 fully saturated rings. The van der Waals surface area contributed by atoms with Gasteiger partial charge in [0.25, 0.3) is 0 Å². The first kappa shape index (κ1) is 16.3. The third kappa shape index (κ3) is 3.04. The van der Waals surface area contributed by atoms with E-state index in [1.54, 1.807) is 0 Å². The molecule has 0 spiro atoms. The third-order valence-corrected chi connectivity index (χ3v) is 3.92. The largest absolute Gasteiger partial charge is 0.342 e. The van der Waals surface area contributed by atoms with E-state index in [-0.39, 0.29) is 24.8 Å². The molecule has 0 amide bonds. The number of fused-ring (bicyclic) bond motifs is 1. The van der Waals surface area contributed by atoms with E-state index in [1.165, 1.54) is 35.3 Å². The molecule has 2 N–H and O–H groups in total. The van der Waals surface area contributed by atoms with Gasteiger partial charge < -0.3 is 10.3 Å². The lowest BCUT2D eigenvalue weighted by Gasteiger charge is -2.20. The molecule has 106 valence electrons. The van der Waals surface area contributed by atoms with E-state index >= 15 is 0 Å². The van der Waals surface area contributed by atoms with Crippen molar-refractivity contribution in [2.45, 2.75) is 32.6 Å². The smallest absolute Gasteiger partial charge is 0.110 e. The Hall–Kier alpha value is -0.770. The van der Waals surface area contributed by atoms with Crippen molar-refractivity contribution < 1.29 is 0 Å². The lowest BCUT2D eigenvalue weighted by Crippen LogP contribution is -2.27. The maximum Gasteiger partial charge on any atom is 0.110 e. The van der Waals surface area contributed by atoms with Crippen molar-refractivity contribution in [3.63, 3.8) is 0 Å². The van der Waals surface area contributed by atoms with Crippen LogP contribution in [0.15, 0.2) is 12.1 Å². The van der Waals surface area contributed by atoms with Gasteiger partial charge in [0.05, 0.1) is 11.0 Å². The molecule has 2 heterocycles. The van der Waals surface area contributed by atoms with Crippen LogP contribution in [0.2, 0.25) is 0 Å². The summed E-state index contributed by atoms with van der Waals surface area (Å²) < 4.78 is 0. The summed E-state index contributed by atoms with van der Waals surface area (Å²) in [4.78, 5) is 8.31. The molecule has 0 aliphatic carbocycles. The molecule has 1 saturated heterocycles.